The van der Waals surface area contributed by atoms with E-state index in [9.17, 15) is 4.79 Å². The zero-order valence-electron chi connectivity index (χ0n) is 13.8. The Morgan fingerprint density at radius 1 is 1.21 bits per heavy atom. The summed E-state index contributed by atoms with van der Waals surface area (Å²) in [4.78, 5) is 12.0. The van der Waals surface area contributed by atoms with E-state index >= 15 is 0 Å². The molecule has 0 spiro atoms. The van der Waals surface area contributed by atoms with E-state index in [0.717, 1.165) is 24.1 Å². The number of nitrogens with one attached hydrogen (secondary N) is 1. The van der Waals surface area contributed by atoms with Crippen LogP contribution in [0.25, 0.3) is 0 Å². The molecule has 0 saturated heterocycles. The molecule has 6 heteroatoms. The Morgan fingerprint density at radius 2 is 1.88 bits per heavy atom. The van der Waals surface area contributed by atoms with Gasteiger partial charge < -0.3 is 5.32 Å². The molecular weight excluding hydrogens is 345 g/mol. The second-order valence-electron chi connectivity index (χ2n) is 6.65. The van der Waals surface area contributed by atoms with Crippen LogP contribution in [-0.2, 0) is 0 Å². The first-order valence-electron chi connectivity index (χ1n) is 8.57. The predicted molar refractivity (Wildman–Crippen MR) is 98.9 cm³/mol. The first-order chi connectivity index (χ1) is 11.5. The molecule has 1 unspecified atom stereocenters. The van der Waals surface area contributed by atoms with Crippen LogP contribution >= 0.6 is 23.2 Å². The number of carbonyl (C=O) groups is 1. The van der Waals surface area contributed by atoms with E-state index in [-0.39, 0.29) is 18.1 Å². The number of aryl methyl sites for hydroxylation is 1. The van der Waals surface area contributed by atoms with Gasteiger partial charge in [0.1, 0.15) is 4.84 Å². The van der Waals surface area contributed by atoms with Crippen LogP contribution in [0.15, 0.2) is 29.4 Å². The van der Waals surface area contributed by atoms with E-state index in [2.05, 4.69) is 10.4 Å². The minimum absolute atomic E-state index is 0.194. The molecule has 3 rings (SSSR count). The van der Waals surface area contributed by atoms with Crippen molar-refractivity contribution in [3.63, 3.8) is 0 Å². The Labute approximate surface area is 153 Å². The van der Waals surface area contributed by atoms with Gasteiger partial charge in [-0.15, -0.1) is 23.2 Å². The lowest BCUT2D eigenvalue weighted by molar-refractivity contribution is 0.181. The van der Waals surface area contributed by atoms with Crippen LogP contribution in [0, 0.1) is 6.92 Å². The third-order valence-electron chi connectivity index (χ3n) is 4.76. The molecule has 1 heterocycles. The summed E-state index contributed by atoms with van der Waals surface area (Å²) in [5.74, 6) is 0. The van der Waals surface area contributed by atoms with Crippen molar-refractivity contribution in [1.29, 1.82) is 0 Å². The van der Waals surface area contributed by atoms with E-state index in [1.165, 1.54) is 29.8 Å². The third kappa shape index (κ3) is 4.04. The average molecular weight is 368 g/mol. The zero-order chi connectivity index (χ0) is 17.1. The molecule has 1 aromatic rings. The van der Waals surface area contributed by atoms with Crippen molar-refractivity contribution in [2.75, 3.05) is 0 Å². The van der Waals surface area contributed by atoms with Crippen LogP contribution in [0.1, 0.15) is 49.7 Å². The second-order valence-corrected chi connectivity index (χ2v) is 7.81. The molecular formula is C18H23Cl2N3O. The van der Waals surface area contributed by atoms with Crippen molar-refractivity contribution >= 4 is 34.9 Å². The summed E-state index contributed by atoms with van der Waals surface area (Å²) >= 11 is 12.2. The van der Waals surface area contributed by atoms with Gasteiger partial charge in [0.15, 0.2) is 0 Å². The van der Waals surface area contributed by atoms with Crippen molar-refractivity contribution in [1.82, 2.24) is 10.3 Å². The van der Waals surface area contributed by atoms with Gasteiger partial charge in [0.2, 0.25) is 0 Å². The van der Waals surface area contributed by atoms with Crippen molar-refractivity contribution in [3.8, 4) is 0 Å². The maximum absolute atomic E-state index is 12.6. The number of hydrogen-bond acceptors (Lipinski definition) is 2. The number of halogens is 2. The molecule has 4 nitrogen and oxygen atoms in total. The maximum atomic E-state index is 12.6. The van der Waals surface area contributed by atoms with Crippen LogP contribution in [0.2, 0.25) is 0 Å². The lowest BCUT2D eigenvalue weighted by Crippen LogP contribution is -2.47. The molecule has 24 heavy (non-hydrogen) atoms. The first-order valence-corrected chi connectivity index (χ1v) is 9.44. The second kappa shape index (κ2) is 7.75. The molecule has 0 bridgehead atoms. The lowest BCUT2D eigenvalue weighted by atomic mass is 9.96. The first kappa shape index (κ1) is 17.6. The molecule has 1 aliphatic carbocycles. The fourth-order valence-electron chi connectivity index (χ4n) is 3.33. The molecule has 1 aliphatic heterocycles. The van der Waals surface area contributed by atoms with Gasteiger partial charge >= 0.3 is 6.03 Å². The van der Waals surface area contributed by atoms with Gasteiger partial charge in [-0.2, -0.15) is 5.10 Å². The van der Waals surface area contributed by atoms with Gasteiger partial charge in [-0.1, -0.05) is 49.1 Å². The normalized spacial score (nSPS) is 21.9. The molecule has 1 aromatic carbocycles. The Bertz CT molecular complexity index is 609. The Morgan fingerprint density at radius 3 is 2.50 bits per heavy atom. The molecule has 2 aliphatic rings. The highest BCUT2D eigenvalue weighted by molar-refractivity contribution is 6.45. The van der Waals surface area contributed by atoms with Crippen molar-refractivity contribution in [2.45, 2.75) is 62.4 Å². The molecule has 1 atom stereocenters. The molecule has 130 valence electrons. The number of amides is 2. The summed E-state index contributed by atoms with van der Waals surface area (Å²) in [6, 6.07) is 7.83. The topological polar surface area (TPSA) is 44.7 Å². The van der Waals surface area contributed by atoms with Gasteiger partial charge in [0.25, 0.3) is 0 Å². The third-order valence-corrected chi connectivity index (χ3v) is 5.34. The quantitative estimate of drug-likeness (QED) is 0.778. The highest BCUT2D eigenvalue weighted by atomic mass is 35.5. The standard InChI is InChI=1S/C18H23Cl2N3O/c1-12-7-9-13(10-8-12)15-11-16(17(19)20)23(22-15)18(24)21-14-5-3-2-4-6-14/h7-10,14,16-17H,2-6,11H2,1H3,(H,21,24). The predicted octanol–water partition coefficient (Wildman–Crippen LogP) is 4.62. The van der Waals surface area contributed by atoms with Gasteiger partial charge in [-0.25, -0.2) is 9.80 Å². The largest absolute Gasteiger partial charge is 0.338 e. The fourth-order valence-corrected chi connectivity index (χ4v) is 3.72. The Kier molecular flexibility index (Phi) is 5.67. The smallest absolute Gasteiger partial charge is 0.334 e. The van der Waals surface area contributed by atoms with Gasteiger partial charge in [-0.3, -0.25) is 0 Å². The van der Waals surface area contributed by atoms with Crippen molar-refractivity contribution in [3.05, 3.63) is 35.4 Å². The van der Waals surface area contributed by atoms with Crippen LogP contribution in [0.3, 0.4) is 0 Å². The number of alkyl halides is 2. The van der Waals surface area contributed by atoms with Gasteiger partial charge in [0, 0.05) is 12.5 Å². The average Bonchev–Trinajstić information content (AvgIpc) is 3.02. The SMILES string of the molecule is Cc1ccc(C2=NN(C(=O)NC3CCCCC3)C(C(Cl)Cl)C2)cc1. The number of urea groups is 1. The summed E-state index contributed by atoms with van der Waals surface area (Å²) in [5.41, 5.74) is 3.05. The van der Waals surface area contributed by atoms with Crippen LogP contribution in [0.4, 0.5) is 4.79 Å². The van der Waals surface area contributed by atoms with E-state index in [1.807, 2.05) is 31.2 Å². The summed E-state index contributed by atoms with van der Waals surface area (Å²) in [6.07, 6.45) is 6.21. The zero-order valence-corrected chi connectivity index (χ0v) is 15.4. The summed E-state index contributed by atoms with van der Waals surface area (Å²) in [5, 5.41) is 9.05. The lowest BCUT2D eigenvalue weighted by Gasteiger charge is -2.27. The van der Waals surface area contributed by atoms with E-state index in [4.69, 9.17) is 23.2 Å². The summed E-state index contributed by atoms with van der Waals surface area (Å²) in [6.45, 7) is 2.04. The van der Waals surface area contributed by atoms with E-state index in [0.29, 0.717) is 6.42 Å². The molecule has 0 radical (unpaired) electrons. The molecule has 1 saturated carbocycles. The van der Waals surface area contributed by atoms with E-state index < -0.39 is 4.84 Å². The maximum Gasteiger partial charge on any atom is 0.338 e. The van der Waals surface area contributed by atoms with Crippen LogP contribution in [0.5, 0.6) is 0 Å². The molecule has 1 N–H and O–H groups in total. The van der Waals surface area contributed by atoms with Crippen molar-refractivity contribution < 1.29 is 4.79 Å². The minimum atomic E-state index is -0.672. The number of hydrazone groups is 1. The van der Waals surface area contributed by atoms with Crippen LogP contribution in [-0.4, -0.2) is 33.7 Å². The Hall–Kier alpha value is -1.26. The van der Waals surface area contributed by atoms with Gasteiger partial charge in [0.05, 0.1) is 11.8 Å². The van der Waals surface area contributed by atoms with E-state index in [1.54, 1.807) is 0 Å². The Balaban J connectivity index is 1.75. The number of carbonyl (C=O) groups excluding carboxylic acids is 1. The minimum Gasteiger partial charge on any atom is -0.334 e. The number of nitrogens with zero attached hydrogens (tertiary/aromatic N) is 2. The molecule has 0 aromatic heterocycles. The highest BCUT2D eigenvalue weighted by Crippen LogP contribution is 2.28. The summed E-state index contributed by atoms with van der Waals surface area (Å²) < 4.78 is 0. The number of hydrogen-bond donors (Lipinski definition) is 1. The number of rotatable bonds is 3. The molecule has 1 fully saturated rings. The molecule has 2 amide bonds. The summed E-state index contributed by atoms with van der Waals surface area (Å²) in [7, 11) is 0. The monoisotopic (exact) mass is 367 g/mol. The van der Waals surface area contributed by atoms with Crippen LogP contribution < -0.4 is 5.32 Å². The van der Waals surface area contributed by atoms with Crippen molar-refractivity contribution in [2.24, 2.45) is 5.10 Å². The van der Waals surface area contributed by atoms with Gasteiger partial charge in [-0.05, 0) is 25.3 Å². The fraction of sp³-hybridized carbons (Fsp3) is 0.556. The highest BCUT2D eigenvalue weighted by Gasteiger charge is 2.36. The number of benzene rings is 1.